The van der Waals surface area contributed by atoms with Crippen LogP contribution in [0.2, 0.25) is 0 Å². The SMILES string of the molecule is C=CC[NH+]1CC[NH+]([C@H](c2ccc(F)cc2)c2nnnn2C2CCCCC2)CC1. The van der Waals surface area contributed by atoms with Gasteiger partial charge in [0.15, 0.2) is 6.04 Å². The summed E-state index contributed by atoms with van der Waals surface area (Å²) >= 11 is 0. The van der Waals surface area contributed by atoms with Crippen molar-refractivity contribution in [2.24, 2.45) is 0 Å². The fourth-order valence-corrected chi connectivity index (χ4v) is 4.82. The quantitative estimate of drug-likeness (QED) is 0.706. The molecule has 1 saturated carbocycles. The second-order valence-electron chi connectivity index (χ2n) is 8.16. The number of nitrogens with one attached hydrogen (secondary N) is 2. The Morgan fingerprint density at radius 1 is 1.11 bits per heavy atom. The zero-order valence-corrected chi connectivity index (χ0v) is 16.5. The number of piperazine rings is 1. The molecular weight excluding hydrogens is 355 g/mol. The van der Waals surface area contributed by atoms with Crippen LogP contribution in [0.4, 0.5) is 4.39 Å². The minimum Gasteiger partial charge on any atom is -0.322 e. The van der Waals surface area contributed by atoms with E-state index in [1.807, 2.05) is 18.2 Å². The first-order chi connectivity index (χ1) is 13.8. The Kier molecular flexibility index (Phi) is 6.12. The summed E-state index contributed by atoms with van der Waals surface area (Å²) in [5, 5.41) is 12.9. The van der Waals surface area contributed by atoms with E-state index >= 15 is 0 Å². The van der Waals surface area contributed by atoms with E-state index in [-0.39, 0.29) is 11.9 Å². The van der Waals surface area contributed by atoms with Crippen molar-refractivity contribution in [2.75, 3.05) is 32.7 Å². The maximum atomic E-state index is 13.6. The second kappa shape index (κ2) is 8.92. The fraction of sp³-hybridized carbons (Fsp3) is 0.571. The molecule has 0 radical (unpaired) electrons. The summed E-state index contributed by atoms with van der Waals surface area (Å²) in [6.45, 7) is 9.18. The molecule has 0 unspecified atom stereocenters. The summed E-state index contributed by atoms with van der Waals surface area (Å²) in [5.41, 5.74) is 1.09. The van der Waals surface area contributed by atoms with Crippen LogP contribution in [0.1, 0.15) is 55.6 Å². The van der Waals surface area contributed by atoms with Crippen molar-refractivity contribution in [2.45, 2.75) is 44.2 Å². The van der Waals surface area contributed by atoms with Crippen molar-refractivity contribution in [3.05, 3.63) is 54.1 Å². The summed E-state index contributed by atoms with van der Waals surface area (Å²) < 4.78 is 15.6. The summed E-state index contributed by atoms with van der Waals surface area (Å²) in [5.74, 6) is 0.727. The van der Waals surface area contributed by atoms with Gasteiger partial charge >= 0.3 is 0 Å². The molecule has 1 aliphatic carbocycles. The van der Waals surface area contributed by atoms with Gasteiger partial charge in [-0.3, -0.25) is 0 Å². The van der Waals surface area contributed by atoms with Crippen molar-refractivity contribution >= 4 is 0 Å². The van der Waals surface area contributed by atoms with E-state index in [1.165, 1.54) is 24.2 Å². The van der Waals surface area contributed by atoms with E-state index in [9.17, 15) is 4.39 Å². The number of benzene rings is 1. The molecule has 28 heavy (non-hydrogen) atoms. The predicted molar refractivity (Wildman–Crippen MR) is 105 cm³/mol. The number of tetrazole rings is 1. The lowest BCUT2D eigenvalue weighted by atomic mass is 9.95. The first kappa shape index (κ1) is 19.2. The summed E-state index contributed by atoms with van der Waals surface area (Å²) in [6.07, 6.45) is 8.06. The molecule has 2 heterocycles. The van der Waals surface area contributed by atoms with Crippen LogP contribution in [0.25, 0.3) is 0 Å². The van der Waals surface area contributed by atoms with Gasteiger partial charge in [-0.1, -0.05) is 25.8 Å². The van der Waals surface area contributed by atoms with Crippen LogP contribution in [0.15, 0.2) is 36.9 Å². The van der Waals surface area contributed by atoms with Gasteiger partial charge in [0, 0.05) is 5.56 Å². The molecule has 2 aromatic rings. The highest BCUT2D eigenvalue weighted by molar-refractivity contribution is 5.23. The van der Waals surface area contributed by atoms with Gasteiger partial charge in [-0.2, -0.15) is 0 Å². The molecule has 1 atom stereocenters. The van der Waals surface area contributed by atoms with Crippen LogP contribution in [0.5, 0.6) is 0 Å². The molecule has 7 heteroatoms. The molecule has 2 aliphatic rings. The van der Waals surface area contributed by atoms with E-state index in [4.69, 9.17) is 0 Å². The van der Waals surface area contributed by atoms with Crippen molar-refractivity contribution in [3.63, 3.8) is 0 Å². The number of halogens is 1. The Balaban J connectivity index is 1.64. The number of quaternary nitrogens is 2. The Labute approximate surface area is 166 Å². The first-order valence-corrected chi connectivity index (χ1v) is 10.6. The van der Waals surface area contributed by atoms with Crippen LogP contribution in [0.3, 0.4) is 0 Å². The normalized spacial score (nSPS) is 24.8. The van der Waals surface area contributed by atoms with Gasteiger partial charge < -0.3 is 9.80 Å². The van der Waals surface area contributed by atoms with Crippen LogP contribution < -0.4 is 9.80 Å². The van der Waals surface area contributed by atoms with Crippen LogP contribution in [-0.4, -0.2) is 52.9 Å². The number of aromatic nitrogens is 4. The first-order valence-electron chi connectivity index (χ1n) is 10.6. The Morgan fingerprint density at radius 2 is 1.82 bits per heavy atom. The smallest absolute Gasteiger partial charge is 0.214 e. The summed E-state index contributed by atoms with van der Waals surface area (Å²) in [7, 11) is 0. The van der Waals surface area contributed by atoms with E-state index < -0.39 is 0 Å². The molecule has 1 aromatic heterocycles. The minimum absolute atomic E-state index is 0.0443. The number of hydrogen-bond acceptors (Lipinski definition) is 3. The third-order valence-corrected chi connectivity index (χ3v) is 6.34. The molecule has 1 saturated heterocycles. The summed E-state index contributed by atoms with van der Waals surface area (Å²) in [4.78, 5) is 3.04. The highest BCUT2D eigenvalue weighted by atomic mass is 19.1. The molecule has 4 rings (SSSR count). The van der Waals surface area contributed by atoms with Crippen LogP contribution >= 0.6 is 0 Å². The largest absolute Gasteiger partial charge is 0.322 e. The molecule has 0 amide bonds. The maximum Gasteiger partial charge on any atom is 0.214 e. The van der Waals surface area contributed by atoms with E-state index in [0.717, 1.165) is 57.0 Å². The van der Waals surface area contributed by atoms with Gasteiger partial charge in [0.1, 0.15) is 32.0 Å². The van der Waals surface area contributed by atoms with E-state index in [0.29, 0.717) is 6.04 Å². The molecule has 0 bridgehead atoms. The van der Waals surface area contributed by atoms with E-state index in [1.54, 1.807) is 17.0 Å². The van der Waals surface area contributed by atoms with Gasteiger partial charge in [-0.25, -0.2) is 9.07 Å². The molecule has 1 aromatic carbocycles. The van der Waals surface area contributed by atoms with Crippen LogP contribution in [0, 0.1) is 5.82 Å². The van der Waals surface area contributed by atoms with Gasteiger partial charge in [0.2, 0.25) is 5.82 Å². The Bertz CT molecular complexity index is 759. The lowest BCUT2D eigenvalue weighted by Crippen LogP contribution is -3.28. The third-order valence-electron chi connectivity index (χ3n) is 6.34. The molecule has 2 N–H and O–H groups in total. The van der Waals surface area contributed by atoms with E-state index in [2.05, 4.69) is 26.8 Å². The predicted octanol–water partition coefficient (Wildman–Crippen LogP) is 0.376. The van der Waals surface area contributed by atoms with Crippen molar-refractivity contribution < 1.29 is 14.2 Å². The molecule has 0 spiro atoms. The molecule has 150 valence electrons. The molecular formula is C21H31FN6+2. The Morgan fingerprint density at radius 3 is 2.50 bits per heavy atom. The molecule has 1 aliphatic heterocycles. The topological polar surface area (TPSA) is 52.5 Å². The van der Waals surface area contributed by atoms with Crippen molar-refractivity contribution in [3.8, 4) is 0 Å². The van der Waals surface area contributed by atoms with Crippen molar-refractivity contribution in [1.29, 1.82) is 0 Å². The number of rotatable bonds is 6. The molecule has 6 nitrogen and oxygen atoms in total. The average Bonchev–Trinajstić information content (AvgIpc) is 3.21. The highest BCUT2D eigenvalue weighted by Crippen LogP contribution is 2.30. The number of nitrogens with zero attached hydrogens (tertiary/aromatic N) is 4. The lowest BCUT2D eigenvalue weighted by Gasteiger charge is -2.34. The van der Waals surface area contributed by atoms with Gasteiger partial charge in [-0.05, 0) is 53.6 Å². The summed E-state index contributed by atoms with van der Waals surface area (Å²) in [6, 6.07) is 7.33. The Hall–Kier alpha value is -2.12. The zero-order chi connectivity index (χ0) is 19.3. The minimum atomic E-state index is -0.204. The lowest BCUT2D eigenvalue weighted by molar-refractivity contribution is -1.02. The monoisotopic (exact) mass is 386 g/mol. The van der Waals surface area contributed by atoms with Gasteiger partial charge in [-0.15, -0.1) is 5.10 Å². The van der Waals surface area contributed by atoms with Crippen molar-refractivity contribution in [1.82, 2.24) is 20.2 Å². The third kappa shape index (κ3) is 4.15. The number of hydrogen-bond donors (Lipinski definition) is 2. The average molecular weight is 387 g/mol. The standard InChI is InChI=1S/C21H29FN6/c1-2-12-26-13-15-27(16-14-26)20(17-8-10-18(22)11-9-17)21-23-24-25-28(21)19-6-4-3-5-7-19/h2,8-11,19-20H,1,3-7,12-16H2/p+2/t20-/m1/s1. The highest BCUT2D eigenvalue weighted by Gasteiger charge is 2.36. The maximum absolute atomic E-state index is 13.6. The van der Waals surface area contributed by atoms with Gasteiger partial charge in [0.25, 0.3) is 0 Å². The molecule has 2 fully saturated rings. The zero-order valence-electron chi connectivity index (χ0n) is 16.5. The van der Waals surface area contributed by atoms with Gasteiger partial charge in [0.05, 0.1) is 12.6 Å². The second-order valence-corrected chi connectivity index (χ2v) is 8.16. The van der Waals surface area contributed by atoms with Crippen LogP contribution in [-0.2, 0) is 0 Å². The fourth-order valence-electron chi connectivity index (χ4n) is 4.82.